The fourth-order valence-corrected chi connectivity index (χ4v) is 2.12. The third kappa shape index (κ3) is 3.63. The number of carboxylic acid groups (broad SMARTS) is 1. The third-order valence-corrected chi connectivity index (χ3v) is 3.25. The number of hydrogen-bond acceptors (Lipinski definition) is 5. The lowest BCUT2D eigenvalue weighted by molar-refractivity contribution is -0.384. The first kappa shape index (κ1) is 13.7. The average Bonchev–Trinajstić information content (AvgIpc) is 3.11. The molecule has 102 valence electrons. The topological polar surface area (TPSA) is 96.6 Å². The number of nitro groups is 1. The molecule has 1 saturated carbocycles. The standard InChI is InChI=1S/C11H12BrN3O4/c12-8-3-9(15(18)19)11(13-4-8)14(6-10(16)17)5-7-1-2-7/h3-4,7H,1-2,5-6H2,(H,16,17). The summed E-state index contributed by atoms with van der Waals surface area (Å²) in [6.45, 7) is 0.202. The molecule has 1 fully saturated rings. The molecule has 8 heteroatoms. The molecule has 0 spiro atoms. The molecule has 0 radical (unpaired) electrons. The monoisotopic (exact) mass is 329 g/mol. The predicted molar refractivity (Wildman–Crippen MR) is 71.2 cm³/mol. The number of carboxylic acids is 1. The van der Waals surface area contributed by atoms with Crippen molar-refractivity contribution in [1.82, 2.24) is 4.98 Å². The van der Waals surface area contributed by atoms with Gasteiger partial charge in [0.1, 0.15) is 6.54 Å². The summed E-state index contributed by atoms with van der Waals surface area (Å²) in [5.74, 6) is -0.508. The molecule has 0 saturated heterocycles. The summed E-state index contributed by atoms with van der Waals surface area (Å²) in [5, 5.41) is 20.0. The smallest absolute Gasteiger partial charge is 0.323 e. The van der Waals surface area contributed by atoms with Gasteiger partial charge in [0, 0.05) is 23.3 Å². The van der Waals surface area contributed by atoms with Crippen molar-refractivity contribution in [1.29, 1.82) is 0 Å². The van der Waals surface area contributed by atoms with Gasteiger partial charge in [0.2, 0.25) is 5.82 Å². The third-order valence-electron chi connectivity index (χ3n) is 2.81. The molecule has 1 aliphatic carbocycles. The lowest BCUT2D eigenvalue weighted by Crippen LogP contribution is -2.32. The molecule has 0 aliphatic heterocycles. The minimum absolute atomic E-state index is 0.113. The van der Waals surface area contributed by atoms with Gasteiger partial charge in [-0.05, 0) is 34.7 Å². The molecule has 1 heterocycles. The van der Waals surface area contributed by atoms with Crippen molar-refractivity contribution in [2.24, 2.45) is 5.92 Å². The van der Waals surface area contributed by atoms with Gasteiger partial charge in [0.15, 0.2) is 0 Å². The minimum atomic E-state index is -1.03. The van der Waals surface area contributed by atoms with E-state index in [1.54, 1.807) is 0 Å². The Labute approximate surface area is 117 Å². The van der Waals surface area contributed by atoms with Crippen LogP contribution in [0.4, 0.5) is 11.5 Å². The Balaban J connectivity index is 2.33. The van der Waals surface area contributed by atoms with Gasteiger partial charge in [0.05, 0.1) is 4.92 Å². The highest BCUT2D eigenvalue weighted by Crippen LogP contribution is 2.34. The van der Waals surface area contributed by atoms with E-state index in [1.807, 2.05) is 0 Å². The maximum absolute atomic E-state index is 11.0. The summed E-state index contributed by atoms with van der Waals surface area (Å²) in [6.07, 6.45) is 3.49. The van der Waals surface area contributed by atoms with Crippen LogP contribution in [0.2, 0.25) is 0 Å². The number of carbonyl (C=O) groups is 1. The first-order chi connectivity index (χ1) is 8.97. The van der Waals surface area contributed by atoms with Crippen molar-refractivity contribution in [3.05, 3.63) is 26.9 Å². The molecule has 1 aromatic heterocycles. The second-order valence-electron chi connectivity index (χ2n) is 4.47. The number of nitrogens with zero attached hydrogens (tertiary/aromatic N) is 3. The van der Waals surface area contributed by atoms with Gasteiger partial charge in [-0.1, -0.05) is 0 Å². The number of aliphatic carboxylic acids is 1. The molecule has 7 nitrogen and oxygen atoms in total. The predicted octanol–water partition coefficient (Wildman–Crippen LogP) is 2.05. The van der Waals surface area contributed by atoms with Crippen LogP contribution in [0.25, 0.3) is 0 Å². The molecule has 2 rings (SSSR count). The zero-order valence-corrected chi connectivity index (χ0v) is 11.5. The van der Waals surface area contributed by atoms with Crippen LogP contribution in [0.5, 0.6) is 0 Å². The lowest BCUT2D eigenvalue weighted by atomic mass is 10.3. The molecule has 0 bridgehead atoms. The van der Waals surface area contributed by atoms with Gasteiger partial charge in [0.25, 0.3) is 0 Å². The Morgan fingerprint density at radius 2 is 2.32 bits per heavy atom. The van der Waals surface area contributed by atoms with Crippen LogP contribution in [0.1, 0.15) is 12.8 Å². The fourth-order valence-electron chi connectivity index (χ4n) is 1.80. The van der Waals surface area contributed by atoms with Crippen LogP contribution >= 0.6 is 15.9 Å². The van der Waals surface area contributed by atoms with Gasteiger partial charge < -0.3 is 10.0 Å². The number of pyridine rings is 1. The van der Waals surface area contributed by atoms with Crippen molar-refractivity contribution in [3.63, 3.8) is 0 Å². The maximum atomic E-state index is 11.0. The summed E-state index contributed by atoms with van der Waals surface area (Å²) in [5.41, 5.74) is -0.184. The van der Waals surface area contributed by atoms with Crippen LogP contribution in [-0.4, -0.2) is 34.1 Å². The van der Waals surface area contributed by atoms with E-state index in [1.165, 1.54) is 17.2 Å². The molecule has 1 N–H and O–H groups in total. The van der Waals surface area contributed by atoms with E-state index in [4.69, 9.17) is 5.11 Å². The lowest BCUT2D eigenvalue weighted by Gasteiger charge is -2.21. The summed E-state index contributed by atoms with van der Waals surface area (Å²) in [6, 6.07) is 1.34. The Hall–Kier alpha value is -1.70. The first-order valence-corrected chi connectivity index (χ1v) is 6.53. The molecule has 0 amide bonds. The zero-order valence-electron chi connectivity index (χ0n) is 9.95. The molecule has 19 heavy (non-hydrogen) atoms. The number of aromatic nitrogens is 1. The van der Waals surface area contributed by atoms with Crippen molar-refractivity contribution >= 4 is 33.4 Å². The number of rotatable bonds is 6. The van der Waals surface area contributed by atoms with E-state index in [0.29, 0.717) is 16.9 Å². The minimum Gasteiger partial charge on any atom is -0.480 e. The van der Waals surface area contributed by atoms with Gasteiger partial charge in [-0.3, -0.25) is 14.9 Å². The molecular weight excluding hydrogens is 318 g/mol. The number of halogens is 1. The van der Waals surface area contributed by atoms with E-state index in [2.05, 4.69) is 20.9 Å². The van der Waals surface area contributed by atoms with Gasteiger partial charge in [-0.15, -0.1) is 0 Å². The van der Waals surface area contributed by atoms with Crippen molar-refractivity contribution in [2.75, 3.05) is 18.0 Å². The van der Waals surface area contributed by atoms with E-state index in [9.17, 15) is 14.9 Å². The second-order valence-corrected chi connectivity index (χ2v) is 5.39. The molecule has 0 unspecified atom stereocenters. The van der Waals surface area contributed by atoms with Crippen LogP contribution in [0, 0.1) is 16.0 Å². The van der Waals surface area contributed by atoms with Crippen molar-refractivity contribution in [3.8, 4) is 0 Å². The average molecular weight is 330 g/mol. The normalized spacial score (nSPS) is 14.2. The van der Waals surface area contributed by atoms with Gasteiger partial charge >= 0.3 is 11.7 Å². The molecule has 0 aromatic carbocycles. The van der Waals surface area contributed by atoms with E-state index >= 15 is 0 Å². The largest absolute Gasteiger partial charge is 0.480 e. The first-order valence-electron chi connectivity index (χ1n) is 5.74. The van der Waals surface area contributed by atoms with E-state index in [-0.39, 0.29) is 18.1 Å². The Kier molecular flexibility index (Phi) is 3.98. The fraction of sp³-hybridized carbons (Fsp3) is 0.455. The number of hydrogen-bond donors (Lipinski definition) is 1. The van der Waals surface area contributed by atoms with Gasteiger partial charge in [-0.25, -0.2) is 4.98 Å². The summed E-state index contributed by atoms with van der Waals surface area (Å²) in [4.78, 5) is 26.8. The van der Waals surface area contributed by atoms with Crippen LogP contribution < -0.4 is 4.90 Å². The highest BCUT2D eigenvalue weighted by Gasteiger charge is 2.29. The molecule has 1 aliphatic rings. The molecule has 1 aromatic rings. The summed E-state index contributed by atoms with van der Waals surface area (Å²) in [7, 11) is 0. The molecule has 0 atom stereocenters. The van der Waals surface area contributed by atoms with Gasteiger partial charge in [-0.2, -0.15) is 0 Å². The quantitative estimate of drug-likeness (QED) is 0.633. The Morgan fingerprint density at radius 1 is 1.63 bits per heavy atom. The van der Waals surface area contributed by atoms with Crippen LogP contribution in [-0.2, 0) is 4.79 Å². The van der Waals surface area contributed by atoms with Crippen LogP contribution in [0.3, 0.4) is 0 Å². The van der Waals surface area contributed by atoms with Crippen molar-refractivity contribution in [2.45, 2.75) is 12.8 Å². The zero-order chi connectivity index (χ0) is 14.0. The maximum Gasteiger partial charge on any atom is 0.323 e. The second kappa shape index (κ2) is 5.52. The Bertz CT molecular complexity index is 519. The highest BCUT2D eigenvalue weighted by atomic mass is 79.9. The Morgan fingerprint density at radius 3 is 2.84 bits per heavy atom. The van der Waals surface area contributed by atoms with Crippen LogP contribution in [0.15, 0.2) is 16.7 Å². The molecular formula is C11H12BrN3O4. The van der Waals surface area contributed by atoms with E-state index < -0.39 is 10.9 Å². The SMILES string of the molecule is O=C(O)CN(CC1CC1)c1ncc(Br)cc1[N+](=O)[O-]. The van der Waals surface area contributed by atoms with E-state index in [0.717, 1.165) is 12.8 Å². The van der Waals surface area contributed by atoms with Crippen molar-refractivity contribution < 1.29 is 14.8 Å². The highest BCUT2D eigenvalue weighted by molar-refractivity contribution is 9.10. The summed E-state index contributed by atoms with van der Waals surface area (Å²) >= 11 is 3.13. The number of anilines is 1. The summed E-state index contributed by atoms with van der Waals surface area (Å²) < 4.78 is 0.490.